The minimum absolute atomic E-state index is 0.0582. The van der Waals surface area contributed by atoms with Crippen LogP contribution in [0.5, 0.6) is 0 Å². The van der Waals surface area contributed by atoms with Gasteiger partial charge in [-0.15, -0.1) is 18.3 Å². The Morgan fingerprint density at radius 2 is 1.93 bits per heavy atom. The van der Waals surface area contributed by atoms with Gasteiger partial charge < -0.3 is 31.1 Å². The van der Waals surface area contributed by atoms with Crippen molar-refractivity contribution in [1.29, 1.82) is 0 Å². The summed E-state index contributed by atoms with van der Waals surface area (Å²) in [5.41, 5.74) is 4.02. The number of amides is 1. The van der Waals surface area contributed by atoms with E-state index < -0.39 is 47.7 Å². The smallest absolute Gasteiger partial charge is 0.316 e. The van der Waals surface area contributed by atoms with Crippen LogP contribution in [0.4, 0.5) is 0 Å². The number of ketones is 1. The maximum absolute atomic E-state index is 13.5. The Hall–Kier alpha value is -1.46. The van der Waals surface area contributed by atoms with Crippen molar-refractivity contribution in [1.82, 2.24) is 5.32 Å². The molecule has 0 aromatic rings. The van der Waals surface area contributed by atoms with Crippen molar-refractivity contribution in [2.75, 3.05) is 12.4 Å². The molecule has 0 aromatic heterocycles. The molecular weight excluding hydrogens is 544 g/mol. The summed E-state index contributed by atoms with van der Waals surface area (Å²) in [6.07, 6.45) is 4.83. The van der Waals surface area contributed by atoms with Crippen LogP contribution in [0.1, 0.15) is 79.1 Å². The third-order valence-electron chi connectivity index (χ3n) is 11.6. The fourth-order valence-corrected chi connectivity index (χ4v) is 9.76. The van der Waals surface area contributed by atoms with Gasteiger partial charge in [-0.2, -0.15) is 0 Å². The molecule has 9 nitrogen and oxygen atoms in total. The second-order valence-corrected chi connectivity index (χ2v) is 15.0. The molecule has 4 aliphatic rings. The first-order valence-corrected chi connectivity index (χ1v) is 16.3. The molecule has 12 atom stereocenters. The number of aliphatic hydroxyl groups excluding tert-OH is 3. The number of thioether (sulfide) groups is 1. The predicted octanol–water partition coefficient (Wildman–Crippen LogP) is 2.34. The Bertz CT molecular complexity index is 1030. The molecule has 0 heterocycles. The molecule has 10 heteroatoms. The monoisotopic (exact) mass is 594 g/mol. The van der Waals surface area contributed by atoms with E-state index in [0.717, 1.165) is 19.3 Å². The Morgan fingerprint density at radius 3 is 2.56 bits per heavy atom. The lowest BCUT2D eigenvalue weighted by molar-refractivity contribution is -0.205. The topological polar surface area (TPSA) is 159 Å². The Balaban J connectivity index is 1.48. The van der Waals surface area contributed by atoms with Crippen molar-refractivity contribution in [3.63, 3.8) is 0 Å². The van der Waals surface area contributed by atoms with E-state index in [2.05, 4.69) is 32.7 Å². The Morgan fingerprint density at radius 1 is 1.22 bits per heavy atom. The molecule has 4 rings (SSSR count). The number of ether oxygens (including phenoxy) is 1. The van der Waals surface area contributed by atoms with Gasteiger partial charge in [-0.3, -0.25) is 14.4 Å². The molecule has 2 unspecified atom stereocenters. The number of Topliss-reactive ketones (excluding diaryl/α,β-unsaturated/α-hetero) is 1. The molecule has 232 valence electrons. The standard InChI is InChI=1S/C31H50N2O7S/c1-6-29(4)14-24(30(5)17(2)9-11-31(18(3)27(29)38)12-10-21(35)26(30)31)40-25(37)16-41-23-8-7-19(13-22(23)36)33-28(39)20(32)15-34/h6,17-20,22-24,26-27,34,36,38H,1,7-16,32H2,2-5H3,(H,33,39)/t17?,18-,19-,20+,22-,23-,24+,26-,27-,29+,30-,31?/m0/s1. The molecule has 6 N–H and O–H groups in total. The number of hydrogen-bond donors (Lipinski definition) is 5. The van der Waals surface area contributed by atoms with Gasteiger partial charge in [-0.25, -0.2) is 0 Å². The molecule has 4 aliphatic carbocycles. The van der Waals surface area contributed by atoms with Crippen LogP contribution < -0.4 is 11.1 Å². The molecule has 1 amide bonds. The molecule has 0 radical (unpaired) electrons. The Labute approximate surface area is 248 Å². The summed E-state index contributed by atoms with van der Waals surface area (Å²) in [5, 5.41) is 34.1. The zero-order valence-electron chi connectivity index (χ0n) is 25.0. The summed E-state index contributed by atoms with van der Waals surface area (Å²) >= 11 is 1.35. The van der Waals surface area contributed by atoms with Crippen LogP contribution in [0.3, 0.4) is 0 Å². The van der Waals surface area contributed by atoms with Crippen molar-refractivity contribution in [3.8, 4) is 0 Å². The number of hydrogen-bond acceptors (Lipinski definition) is 9. The lowest BCUT2D eigenvalue weighted by Crippen LogP contribution is -2.63. The summed E-state index contributed by atoms with van der Waals surface area (Å²) in [7, 11) is 0. The van der Waals surface area contributed by atoms with E-state index in [-0.39, 0.29) is 52.0 Å². The summed E-state index contributed by atoms with van der Waals surface area (Å²) in [4.78, 5) is 39.0. The van der Waals surface area contributed by atoms with E-state index in [1.807, 2.05) is 6.92 Å². The maximum atomic E-state index is 13.5. The van der Waals surface area contributed by atoms with Crippen LogP contribution >= 0.6 is 11.8 Å². The zero-order valence-corrected chi connectivity index (χ0v) is 25.8. The second kappa shape index (κ2) is 12.3. The van der Waals surface area contributed by atoms with E-state index in [1.165, 1.54) is 11.8 Å². The minimum Gasteiger partial charge on any atom is -0.461 e. The maximum Gasteiger partial charge on any atom is 0.316 e. The number of esters is 1. The largest absolute Gasteiger partial charge is 0.461 e. The van der Waals surface area contributed by atoms with Gasteiger partial charge in [-0.1, -0.05) is 33.8 Å². The number of carbonyl (C=O) groups is 3. The molecular formula is C31H50N2O7S. The van der Waals surface area contributed by atoms with Crippen molar-refractivity contribution in [3.05, 3.63) is 12.7 Å². The van der Waals surface area contributed by atoms with E-state index in [4.69, 9.17) is 15.6 Å². The highest BCUT2D eigenvalue weighted by atomic mass is 32.2. The van der Waals surface area contributed by atoms with E-state index in [1.54, 1.807) is 6.08 Å². The fourth-order valence-electron chi connectivity index (χ4n) is 8.70. The van der Waals surface area contributed by atoms with Crippen molar-refractivity contribution >= 4 is 29.4 Å². The molecule has 0 aromatic carbocycles. The van der Waals surface area contributed by atoms with Crippen LogP contribution in [-0.4, -0.2) is 81.0 Å². The average Bonchev–Trinajstić information content (AvgIpc) is 3.30. The molecule has 4 fully saturated rings. The van der Waals surface area contributed by atoms with Gasteiger partial charge in [0.2, 0.25) is 5.91 Å². The van der Waals surface area contributed by atoms with Gasteiger partial charge in [0.25, 0.3) is 0 Å². The van der Waals surface area contributed by atoms with E-state index in [9.17, 15) is 24.6 Å². The fraction of sp³-hybridized carbons (Fsp3) is 0.839. The first kappa shape index (κ1) is 32.5. The number of nitrogens with one attached hydrogen (secondary N) is 1. The van der Waals surface area contributed by atoms with Gasteiger partial charge in [0.05, 0.1) is 24.6 Å². The Kier molecular flexibility index (Phi) is 9.71. The van der Waals surface area contributed by atoms with Crippen molar-refractivity contribution < 1.29 is 34.4 Å². The molecule has 0 saturated heterocycles. The van der Waals surface area contributed by atoms with Crippen LogP contribution in [0.25, 0.3) is 0 Å². The van der Waals surface area contributed by atoms with Crippen LogP contribution in [0.15, 0.2) is 12.7 Å². The first-order valence-electron chi connectivity index (χ1n) is 15.2. The van der Waals surface area contributed by atoms with Gasteiger partial charge in [0.1, 0.15) is 17.9 Å². The summed E-state index contributed by atoms with van der Waals surface area (Å²) < 4.78 is 6.31. The number of nitrogens with two attached hydrogens (primary N) is 1. The van der Waals surface area contributed by atoms with Crippen LogP contribution in [0, 0.1) is 34.0 Å². The van der Waals surface area contributed by atoms with Gasteiger partial charge in [0.15, 0.2) is 0 Å². The number of carbonyl (C=O) groups excluding carboxylic acids is 3. The van der Waals surface area contributed by atoms with Crippen LogP contribution in [-0.2, 0) is 19.1 Å². The zero-order chi connectivity index (χ0) is 30.3. The van der Waals surface area contributed by atoms with Gasteiger partial charge in [-0.05, 0) is 62.2 Å². The van der Waals surface area contributed by atoms with Crippen molar-refractivity contribution in [2.24, 2.45) is 39.7 Å². The average molecular weight is 595 g/mol. The third-order valence-corrected chi connectivity index (χ3v) is 13.0. The first-order chi connectivity index (χ1) is 19.2. The quantitative estimate of drug-likeness (QED) is 0.210. The minimum atomic E-state index is -0.993. The predicted molar refractivity (Wildman–Crippen MR) is 158 cm³/mol. The van der Waals surface area contributed by atoms with Crippen molar-refractivity contribution in [2.45, 2.75) is 115 Å². The summed E-state index contributed by atoms with van der Waals surface area (Å²) in [5.74, 6) is -0.737. The second-order valence-electron chi connectivity index (χ2n) is 13.8. The molecule has 2 bridgehead atoms. The van der Waals surface area contributed by atoms with E-state index in [0.29, 0.717) is 32.1 Å². The summed E-state index contributed by atoms with van der Waals surface area (Å²) in [6, 6.07) is -1.23. The summed E-state index contributed by atoms with van der Waals surface area (Å²) in [6.45, 7) is 12.0. The molecule has 4 saturated carbocycles. The van der Waals surface area contributed by atoms with Crippen LogP contribution in [0.2, 0.25) is 0 Å². The van der Waals surface area contributed by atoms with Gasteiger partial charge in [0, 0.05) is 34.5 Å². The normalized spacial score (nSPS) is 45.1. The highest BCUT2D eigenvalue weighted by Gasteiger charge is 2.68. The molecule has 41 heavy (non-hydrogen) atoms. The molecule has 0 spiro atoms. The lowest BCUT2D eigenvalue weighted by Gasteiger charge is -2.61. The number of aliphatic hydroxyl groups is 3. The third kappa shape index (κ3) is 5.76. The highest BCUT2D eigenvalue weighted by Crippen LogP contribution is 2.68. The number of rotatable bonds is 8. The van der Waals surface area contributed by atoms with Gasteiger partial charge >= 0.3 is 5.97 Å². The van der Waals surface area contributed by atoms with E-state index >= 15 is 0 Å². The SMILES string of the molecule is C=C[C@]1(C)C[C@@H](OC(=O)CS[C@H]2CC[C@H](NC(=O)[C@H](N)CO)C[C@@H]2O)[C@]2(C)C(C)CCC3(CCC(=O)[C@H]32)[C@@H](C)[C@@H]1O. The molecule has 0 aliphatic heterocycles. The highest BCUT2D eigenvalue weighted by molar-refractivity contribution is 8.00. The lowest BCUT2D eigenvalue weighted by atomic mass is 9.44.